The first kappa shape index (κ1) is 9.75. The summed E-state index contributed by atoms with van der Waals surface area (Å²) in [6.45, 7) is 0.499. The van der Waals surface area contributed by atoms with Gasteiger partial charge in [-0.25, -0.2) is 8.78 Å². The van der Waals surface area contributed by atoms with Gasteiger partial charge in [-0.05, 0) is 30.0 Å². The maximum absolute atomic E-state index is 13.1. The molecule has 1 aromatic carbocycles. The molecule has 1 saturated heterocycles. The second kappa shape index (κ2) is 3.03. The van der Waals surface area contributed by atoms with Crippen molar-refractivity contribution in [3.8, 4) is 0 Å². The first-order valence-corrected chi connectivity index (χ1v) is 5.33. The lowest BCUT2D eigenvalue weighted by Crippen LogP contribution is -2.38. The van der Waals surface area contributed by atoms with Crippen LogP contribution in [-0.2, 0) is 10.2 Å². The topological polar surface area (TPSA) is 29.1 Å². The number of halogens is 2. The number of fused-ring (bicyclic) bond motifs is 1. The van der Waals surface area contributed by atoms with Gasteiger partial charge in [-0.2, -0.15) is 0 Å². The van der Waals surface area contributed by atoms with Crippen LogP contribution >= 0.6 is 0 Å². The van der Waals surface area contributed by atoms with Gasteiger partial charge in [-0.3, -0.25) is 4.79 Å². The molecule has 1 saturated carbocycles. The van der Waals surface area contributed by atoms with Crippen molar-refractivity contribution in [2.24, 2.45) is 5.92 Å². The van der Waals surface area contributed by atoms with Crippen LogP contribution in [-0.4, -0.2) is 12.5 Å². The Morgan fingerprint density at radius 2 is 1.94 bits per heavy atom. The first-order chi connectivity index (χ1) is 7.60. The minimum Gasteiger partial charge on any atom is -0.355 e. The van der Waals surface area contributed by atoms with Gasteiger partial charge in [0.15, 0.2) is 0 Å². The third-order valence-corrected chi connectivity index (χ3v) is 3.70. The summed E-state index contributed by atoms with van der Waals surface area (Å²) in [7, 11) is 0. The number of carbonyl (C=O) groups is 1. The Labute approximate surface area is 91.7 Å². The van der Waals surface area contributed by atoms with E-state index in [9.17, 15) is 13.6 Å². The van der Waals surface area contributed by atoms with Crippen molar-refractivity contribution in [2.75, 3.05) is 6.54 Å². The van der Waals surface area contributed by atoms with E-state index >= 15 is 0 Å². The molecule has 0 aromatic heterocycles. The maximum atomic E-state index is 13.1. The number of benzene rings is 1. The van der Waals surface area contributed by atoms with Crippen molar-refractivity contribution in [1.82, 2.24) is 5.32 Å². The van der Waals surface area contributed by atoms with Gasteiger partial charge in [0.25, 0.3) is 0 Å². The molecule has 2 atom stereocenters. The van der Waals surface area contributed by atoms with Gasteiger partial charge in [-0.1, -0.05) is 0 Å². The third-order valence-electron chi connectivity index (χ3n) is 3.70. The summed E-state index contributed by atoms with van der Waals surface area (Å²) in [5.74, 6) is -0.809. The fourth-order valence-corrected chi connectivity index (χ4v) is 2.71. The van der Waals surface area contributed by atoms with Gasteiger partial charge < -0.3 is 5.32 Å². The highest BCUT2D eigenvalue weighted by molar-refractivity contribution is 5.79. The molecule has 16 heavy (non-hydrogen) atoms. The molecule has 0 spiro atoms. The van der Waals surface area contributed by atoms with Crippen molar-refractivity contribution >= 4 is 5.91 Å². The molecule has 0 bridgehead atoms. The second-order valence-electron chi connectivity index (χ2n) is 4.70. The van der Waals surface area contributed by atoms with Crippen LogP contribution < -0.4 is 5.32 Å². The van der Waals surface area contributed by atoms with Crippen molar-refractivity contribution in [2.45, 2.75) is 18.3 Å². The zero-order valence-corrected chi connectivity index (χ0v) is 8.59. The van der Waals surface area contributed by atoms with Crippen LogP contribution in [0.3, 0.4) is 0 Å². The first-order valence-electron chi connectivity index (χ1n) is 5.33. The number of carbonyl (C=O) groups excluding carboxylic acids is 1. The Hall–Kier alpha value is -1.45. The number of amides is 1. The van der Waals surface area contributed by atoms with Gasteiger partial charge in [0, 0.05) is 24.4 Å². The van der Waals surface area contributed by atoms with E-state index in [-0.39, 0.29) is 17.2 Å². The lowest BCUT2D eigenvalue weighted by atomic mass is 9.89. The highest BCUT2D eigenvalue weighted by atomic mass is 19.1. The second-order valence-corrected chi connectivity index (χ2v) is 4.70. The average Bonchev–Trinajstić information content (AvgIpc) is 2.91. The van der Waals surface area contributed by atoms with E-state index in [1.54, 1.807) is 0 Å². The number of hydrogen-bond acceptors (Lipinski definition) is 1. The zero-order chi connectivity index (χ0) is 11.3. The Balaban J connectivity index is 1.96. The Morgan fingerprint density at radius 3 is 2.56 bits per heavy atom. The van der Waals surface area contributed by atoms with E-state index < -0.39 is 11.6 Å². The van der Waals surface area contributed by atoms with Crippen LogP contribution in [0.1, 0.15) is 18.4 Å². The van der Waals surface area contributed by atoms with Crippen molar-refractivity contribution in [3.63, 3.8) is 0 Å². The summed E-state index contributed by atoms with van der Waals surface area (Å²) in [4.78, 5) is 11.1. The largest absolute Gasteiger partial charge is 0.355 e. The summed E-state index contributed by atoms with van der Waals surface area (Å²) in [5, 5.41) is 2.77. The highest BCUT2D eigenvalue weighted by Crippen LogP contribution is 2.57. The van der Waals surface area contributed by atoms with E-state index in [1.807, 2.05) is 0 Å². The number of rotatable bonds is 1. The van der Waals surface area contributed by atoms with Gasteiger partial charge in [0.1, 0.15) is 11.6 Å². The number of hydrogen-bond donors (Lipinski definition) is 1. The van der Waals surface area contributed by atoms with E-state index in [1.165, 1.54) is 12.1 Å². The van der Waals surface area contributed by atoms with Crippen molar-refractivity contribution < 1.29 is 13.6 Å². The number of piperidine rings is 1. The minimum atomic E-state index is -0.549. The molecule has 3 rings (SSSR count). The summed E-state index contributed by atoms with van der Waals surface area (Å²) < 4.78 is 26.2. The van der Waals surface area contributed by atoms with Crippen LogP contribution in [0.5, 0.6) is 0 Å². The van der Waals surface area contributed by atoms with Gasteiger partial charge in [0.05, 0.1) is 0 Å². The van der Waals surface area contributed by atoms with Gasteiger partial charge >= 0.3 is 0 Å². The fraction of sp³-hybridized carbons (Fsp3) is 0.417. The molecule has 1 aliphatic heterocycles. The Morgan fingerprint density at radius 1 is 1.25 bits per heavy atom. The molecule has 4 heteroatoms. The summed E-state index contributed by atoms with van der Waals surface area (Å²) in [5.41, 5.74) is 0.464. The molecule has 1 aromatic rings. The number of nitrogens with one attached hydrogen (secondary N) is 1. The summed E-state index contributed by atoms with van der Waals surface area (Å²) >= 11 is 0. The van der Waals surface area contributed by atoms with Crippen LogP contribution in [0, 0.1) is 17.6 Å². The summed E-state index contributed by atoms with van der Waals surface area (Å²) in [6.07, 6.45) is 1.31. The van der Waals surface area contributed by atoms with Gasteiger partial charge in [-0.15, -0.1) is 0 Å². The van der Waals surface area contributed by atoms with E-state index in [2.05, 4.69) is 5.32 Å². The Bertz CT molecular complexity index is 454. The van der Waals surface area contributed by atoms with E-state index in [0.717, 1.165) is 12.5 Å². The third kappa shape index (κ3) is 1.32. The predicted octanol–water partition coefficient (Wildman–Crippen LogP) is 1.74. The molecule has 1 amide bonds. The fourth-order valence-electron chi connectivity index (χ4n) is 2.71. The molecule has 84 valence electrons. The lowest BCUT2D eigenvalue weighted by Gasteiger charge is -2.23. The van der Waals surface area contributed by atoms with Crippen LogP contribution in [0.25, 0.3) is 0 Å². The van der Waals surface area contributed by atoms with Crippen LogP contribution in [0.15, 0.2) is 18.2 Å². The van der Waals surface area contributed by atoms with E-state index in [0.29, 0.717) is 18.5 Å². The predicted molar refractivity (Wildman–Crippen MR) is 53.8 cm³/mol. The van der Waals surface area contributed by atoms with E-state index in [4.69, 9.17) is 0 Å². The molecule has 2 fully saturated rings. The van der Waals surface area contributed by atoms with Crippen LogP contribution in [0.2, 0.25) is 0 Å². The molecule has 1 heterocycles. The molecule has 0 radical (unpaired) electrons. The average molecular weight is 223 g/mol. The molecule has 2 nitrogen and oxygen atoms in total. The molecule has 1 N–H and O–H groups in total. The smallest absolute Gasteiger partial charge is 0.220 e. The summed E-state index contributed by atoms with van der Waals surface area (Å²) in [6, 6.07) is 3.63. The SMILES string of the molecule is O=C1C[C@@H]2C[C@]2(c2cc(F)cc(F)c2)CN1. The van der Waals surface area contributed by atoms with Crippen LogP contribution in [0.4, 0.5) is 8.78 Å². The molecule has 1 aliphatic carbocycles. The molecular formula is C12H11F2NO. The quantitative estimate of drug-likeness (QED) is 0.772. The standard InChI is InChI=1S/C12H11F2NO/c13-9-1-7(2-10(14)4-9)12-5-8(12)3-11(16)15-6-12/h1-2,4,8H,3,5-6H2,(H,15,16)/t8-,12-/m1/s1. The van der Waals surface area contributed by atoms with Crippen molar-refractivity contribution in [1.29, 1.82) is 0 Å². The lowest BCUT2D eigenvalue weighted by molar-refractivity contribution is -0.122. The molecule has 0 unspecified atom stereocenters. The van der Waals surface area contributed by atoms with Gasteiger partial charge in [0.2, 0.25) is 5.91 Å². The zero-order valence-electron chi connectivity index (χ0n) is 8.59. The van der Waals surface area contributed by atoms with Crippen molar-refractivity contribution in [3.05, 3.63) is 35.4 Å². The maximum Gasteiger partial charge on any atom is 0.220 e. The minimum absolute atomic E-state index is 0.0370. The molecular weight excluding hydrogens is 212 g/mol. The monoisotopic (exact) mass is 223 g/mol. The molecule has 2 aliphatic rings. The Kier molecular flexibility index (Phi) is 1.85. The highest BCUT2D eigenvalue weighted by Gasteiger charge is 2.58. The normalized spacial score (nSPS) is 31.9.